The Morgan fingerprint density at radius 1 is 1.37 bits per heavy atom. The summed E-state index contributed by atoms with van der Waals surface area (Å²) in [5.41, 5.74) is 0.662. The molecule has 0 radical (unpaired) electrons. The van der Waals surface area contributed by atoms with Gasteiger partial charge in [-0.2, -0.15) is 5.26 Å². The predicted octanol–water partition coefficient (Wildman–Crippen LogP) is 3.39. The SMILES string of the molecule is CC(C)CN(CCC#N)CC(=O)c1ccc(Cl)cc1. The van der Waals surface area contributed by atoms with E-state index >= 15 is 0 Å². The molecule has 3 nitrogen and oxygen atoms in total. The van der Waals surface area contributed by atoms with Gasteiger partial charge in [0.05, 0.1) is 12.6 Å². The van der Waals surface area contributed by atoms with Crippen LogP contribution in [0.5, 0.6) is 0 Å². The van der Waals surface area contributed by atoms with Crippen molar-refractivity contribution in [1.82, 2.24) is 4.90 Å². The Bertz CT molecular complexity index is 448. The molecule has 0 aliphatic heterocycles. The van der Waals surface area contributed by atoms with Crippen molar-refractivity contribution >= 4 is 17.4 Å². The summed E-state index contributed by atoms with van der Waals surface area (Å²) in [4.78, 5) is 14.2. The van der Waals surface area contributed by atoms with E-state index in [4.69, 9.17) is 16.9 Å². The fourth-order valence-electron chi connectivity index (χ4n) is 1.89. The van der Waals surface area contributed by atoms with E-state index < -0.39 is 0 Å². The third kappa shape index (κ3) is 5.87. The first-order chi connectivity index (χ1) is 9.02. The summed E-state index contributed by atoms with van der Waals surface area (Å²) >= 11 is 5.80. The molecule has 4 heteroatoms. The van der Waals surface area contributed by atoms with Crippen LogP contribution in [0.25, 0.3) is 0 Å². The van der Waals surface area contributed by atoms with Gasteiger partial charge in [0.15, 0.2) is 5.78 Å². The molecule has 0 amide bonds. The molecule has 102 valence electrons. The highest BCUT2D eigenvalue weighted by atomic mass is 35.5. The Labute approximate surface area is 119 Å². The monoisotopic (exact) mass is 278 g/mol. The van der Waals surface area contributed by atoms with Crippen LogP contribution < -0.4 is 0 Å². The van der Waals surface area contributed by atoms with Crippen LogP contribution in [0.15, 0.2) is 24.3 Å². The molecule has 1 aromatic rings. The fraction of sp³-hybridized carbons (Fsp3) is 0.467. The molecule has 0 unspecified atom stereocenters. The maximum atomic E-state index is 12.1. The molecule has 1 aromatic carbocycles. The molecule has 0 heterocycles. The molecule has 1 rings (SSSR count). The topological polar surface area (TPSA) is 44.1 Å². The molecule has 0 bridgehead atoms. The van der Waals surface area contributed by atoms with Crippen LogP contribution in [0.4, 0.5) is 0 Å². The van der Waals surface area contributed by atoms with Gasteiger partial charge in [-0.25, -0.2) is 0 Å². The van der Waals surface area contributed by atoms with Crippen LogP contribution in [0, 0.1) is 17.2 Å². The number of rotatable bonds is 7. The first-order valence-electron chi connectivity index (χ1n) is 6.41. The number of carbonyl (C=O) groups is 1. The van der Waals surface area contributed by atoms with Gasteiger partial charge in [-0.15, -0.1) is 0 Å². The molecule has 19 heavy (non-hydrogen) atoms. The summed E-state index contributed by atoms with van der Waals surface area (Å²) in [6.07, 6.45) is 0.445. The number of benzene rings is 1. The van der Waals surface area contributed by atoms with Crippen molar-refractivity contribution in [3.63, 3.8) is 0 Å². The minimum absolute atomic E-state index is 0.0651. The minimum atomic E-state index is 0.0651. The zero-order valence-electron chi connectivity index (χ0n) is 11.4. The minimum Gasteiger partial charge on any atom is -0.295 e. The first kappa shape index (κ1) is 15.7. The van der Waals surface area contributed by atoms with Gasteiger partial charge in [0, 0.05) is 30.1 Å². The lowest BCUT2D eigenvalue weighted by Crippen LogP contribution is -2.33. The number of Topliss-reactive ketones (excluding diaryl/α,β-unsaturated/α-hetero) is 1. The lowest BCUT2D eigenvalue weighted by Gasteiger charge is -2.22. The summed E-state index contributed by atoms with van der Waals surface area (Å²) in [6, 6.07) is 9.04. The van der Waals surface area contributed by atoms with Crippen LogP contribution in [-0.2, 0) is 0 Å². The van der Waals surface area contributed by atoms with Crippen molar-refractivity contribution in [1.29, 1.82) is 5.26 Å². The second-order valence-electron chi connectivity index (χ2n) is 4.97. The summed E-state index contributed by atoms with van der Waals surface area (Å²) in [5.74, 6) is 0.534. The van der Waals surface area contributed by atoms with Crippen LogP contribution in [0.2, 0.25) is 5.02 Å². The van der Waals surface area contributed by atoms with Crippen molar-refractivity contribution in [2.75, 3.05) is 19.6 Å². The largest absolute Gasteiger partial charge is 0.295 e. The number of hydrogen-bond donors (Lipinski definition) is 0. The van der Waals surface area contributed by atoms with E-state index in [1.54, 1.807) is 24.3 Å². The maximum absolute atomic E-state index is 12.1. The van der Waals surface area contributed by atoms with E-state index in [2.05, 4.69) is 19.9 Å². The molecule has 0 N–H and O–H groups in total. The number of carbonyl (C=O) groups excluding carboxylic acids is 1. The van der Waals surface area contributed by atoms with Crippen molar-refractivity contribution in [2.45, 2.75) is 20.3 Å². The quantitative estimate of drug-likeness (QED) is 0.718. The third-order valence-electron chi connectivity index (χ3n) is 2.70. The number of nitrogens with zero attached hydrogens (tertiary/aromatic N) is 2. The van der Waals surface area contributed by atoms with Crippen LogP contribution in [0.3, 0.4) is 0 Å². The Balaban J connectivity index is 2.64. The van der Waals surface area contributed by atoms with Gasteiger partial charge in [-0.05, 0) is 30.2 Å². The molecule has 0 aliphatic rings. The van der Waals surface area contributed by atoms with E-state index in [-0.39, 0.29) is 5.78 Å². The molecular formula is C15H19ClN2O. The van der Waals surface area contributed by atoms with Gasteiger partial charge >= 0.3 is 0 Å². The number of halogens is 1. The Morgan fingerprint density at radius 2 is 2.00 bits per heavy atom. The van der Waals surface area contributed by atoms with Crippen molar-refractivity contribution in [3.8, 4) is 6.07 Å². The fourth-order valence-corrected chi connectivity index (χ4v) is 2.02. The average Bonchev–Trinajstić information content (AvgIpc) is 2.36. The lowest BCUT2D eigenvalue weighted by molar-refractivity contribution is 0.0924. The van der Waals surface area contributed by atoms with Crippen molar-refractivity contribution < 1.29 is 4.79 Å². The zero-order chi connectivity index (χ0) is 14.3. The van der Waals surface area contributed by atoms with Gasteiger partial charge < -0.3 is 0 Å². The third-order valence-corrected chi connectivity index (χ3v) is 2.95. The zero-order valence-corrected chi connectivity index (χ0v) is 12.2. The Morgan fingerprint density at radius 3 is 2.53 bits per heavy atom. The second-order valence-corrected chi connectivity index (χ2v) is 5.40. The first-order valence-corrected chi connectivity index (χ1v) is 6.78. The van der Waals surface area contributed by atoms with Gasteiger partial charge in [0.1, 0.15) is 0 Å². The van der Waals surface area contributed by atoms with Crippen LogP contribution in [-0.4, -0.2) is 30.3 Å². The van der Waals surface area contributed by atoms with Gasteiger partial charge in [-0.3, -0.25) is 9.69 Å². The number of hydrogen-bond acceptors (Lipinski definition) is 3. The summed E-state index contributed by atoms with van der Waals surface area (Å²) < 4.78 is 0. The van der Waals surface area contributed by atoms with Crippen LogP contribution >= 0.6 is 11.6 Å². The Kier molecular flexibility index (Phi) is 6.55. The van der Waals surface area contributed by atoms with Crippen LogP contribution in [0.1, 0.15) is 30.6 Å². The molecule has 0 saturated heterocycles. The summed E-state index contributed by atoms with van der Waals surface area (Å²) in [5, 5.41) is 9.28. The average molecular weight is 279 g/mol. The van der Waals surface area contributed by atoms with Gasteiger partial charge in [0.2, 0.25) is 0 Å². The lowest BCUT2D eigenvalue weighted by atomic mass is 10.1. The number of nitriles is 1. The Hall–Kier alpha value is -1.37. The smallest absolute Gasteiger partial charge is 0.176 e. The van der Waals surface area contributed by atoms with Crippen molar-refractivity contribution in [2.24, 2.45) is 5.92 Å². The van der Waals surface area contributed by atoms with Gasteiger partial charge in [-0.1, -0.05) is 25.4 Å². The molecular weight excluding hydrogens is 260 g/mol. The highest BCUT2D eigenvalue weighted by molar-refractivity contribution is 6.30. The highest BCUT2D eigenvalue weighted by Crippen LogP contribution is 2.11. The van der Waals surface area contributed by atoms with E-state index in [1.807, 2.05) is 4.90 Å². The van der Waals surface area contributed by atoms with E-state index in [0.717, 1.165) is 6.54 Å². The normalized spacial score (nSPS) is 10.7. The van der Waals surface area contributed by atoms with Crippen molar-refractivity contribution in [3.05, 3.63) is 34.9 Å². The second kappa shape index (κ2) is 7.93. The molecule has 0 saturated carbocycles. The van der Waals surface area contributed by atoms with E-state index in [0.29, 0.717) is 36.0 Å². The molecule has 0 spiro atoms. The van der Waals surface area contributed by atoms with Gasteiger partial charge in [0.25, 0.3) is 0 Å². The summed E-state index contributed by atoms with van der Waals surface area (Å²) in [7, 11) is 0. The van der Waals surface area contributed by atoms with E-state index in [9.17, 15) is 4.79 Å². The van der Waals surface area contributed by atoms with E-state index in [1.165, 1.54) is 0 Å². The molecule has 0 atom stereocenters. The molecule has 0 aliphatic carbocycles. The standard InChI is InChI=1S/C15H19ClN2O/c1-12(2)10-18(9-3-8-17)11-15(19)13-4-6-14(16)7-5-13/h4-7,12H,3,9-11H2,1-2H3. The predicted molar refractivity (Wildman–Crippen MR) is 77.3 cm³/mol. The summed E-state index contributed by atoms with van der Waals surface area (Å²) in [6.45, 7) is 6.01. The number of ketones is 1. The highest BCUT2D eigenvalue weighted by Gasteiger charge is 2.13. The molecule has 0 fully saturated rings. The molecule has 0 aromatic heterocycles. The maximum Gasteiger partial charge on any atom is 0.176 e.